The second-order valence-corrected chi connectivity index (χ2v) is 6.54. The summed E-state index contributed by atoms with van der Waals surface area (Å²) in [4.78, 5) is 23.6. The minimum Gasteiger partial charge on any atom is -0.455 e. The zero-order valence-electron chi connectivity index (χ0n) is 12.6. The summed E-state index contributed by atoms with van der Waals surface area (Å²) in [5.74, 6) is -0.865. The van der Waals surface area contributed by atoms with Gasteiger partial charge in [0.2, 0.25) is 0 Å². The Hall–Kier alpha value is -1.77. The number of hydrogen-bond acceptors (Lipinski definition) is 4. The van der Waals surface area contributed by atoms with Gasteiger partial charge in [0.1, 0.15) is 5.54 Å². The van der Waals surface area contributed by atoms with Gasteiger partial charge in [-0.15, -0.1) is 0 Å². The zero-order valence-corrected chi connectivity index (χ0v) is 14.1. The molecule has 1 aliphatic rings. The highest BCUT2D eigenvalue weighted by Crippen LogP contribution is 2.39. The highest BCUT2D eigenvalue weighted by atomic mass is 35.5. The van der Waals surface area contributed by atoms with Crippen molar-refractivity contribution < 1.29 is 14.3 Å². The van der Waals surface area contributed by atoms with Crippen molar-refractivity contribution in [2.24, 2.45) is 5.92 Å². The van der Waals surface area contributed by atoms with E-state index in [1.54, 1.807) is 25.1 Å². The Kier molecular flexibility index (Phi) is 5.51. The molecule has 5 nitrogen and oxygen atoms in total. The lowest BCUT2D eigenvalue weighted by Crippen LogP contribution is -2.48. The standard InChI is InChI=1S/C16H16Cl2N2O3/c1-16(9-19,11-3-4-11)20-14(21)8-23-15(22)7-10-2-5-12(17)13(18)6-10/h2,5-6,11H,3-4,7-8H2,1H3,(H,20,21)/t16-/m1/s1. The van der Waals surface area contributed by atoms with Gasteiger partial charge in [-0.3, -0.25) is 9.59 Å². The number of rotatable bonds is 6. The fourth-order valence-electron chi connectivity index (χ4n) is 2.22. The van der Waals surface area contributed by atoms with Crippen molar-refractivity contribution in [1.29, 1.82) is 5.26 Å². The van der Waals surface area contributed by atoms with Crippen molar-refractivity contribution in [2.45, 2.75) is 31.7 Å². The third kappa shape index (κ3) is 4.85. The molecule has 1 N–H and O–H groups in total. The first-order valence-corrected chi connectivity index (χ1v) is 7.91. The zero-order chi connectivity index (χ0) is 17.0. The monoisotopic (exact) mass is 354 g/mol. The van der Waals surface area contributed by atoms with Crippen LogP contribution in [0, 0.1) is 17.2 Å². The maximum atomic E-state index is 11.8. The van der Waals surface area contributed by atoms with E-state index in [4.69, 9.17) is 33.2 Å². The fraction of sp³-hybridized carbons (Fsp3) is 0.438. The van der Waals surface area contributed by atoms with Crippen LogP contribution in [-0.2, 0) is 20.7 Å². The highest BCUT2D eigenvalue weighted by Gasteiger charge is 2.43. The second-order valence-electron chi connectivity index (χ2n) is 5.72. The van der Waals surface area contributed by atoms with Crippen LogP contribution in [0.4, 0.5) is 0 Å². The summed E-state index contributed by atoms with van der Waals surface area (Å²) in [7, 11) is 0. The normalized spacial score (nSPS) is 16.1. The van der Waals surface area contributed by atoms with Crippen molar-refractivity contribution in [3.8, 4) is 6.07 Å². The highest BCUT2D eigenvalue weighted by molar-refractivity contribution is 6.42. The van der Waals surface area contributed by atoms with Crippen LogP contribution in [0.1, 0.15) is 25.3 Å². The minimum absolute atomic E-state index is 0.0116. The molecule has 0 spiro atoms. The number of halogens is 2. The van der Waals surface area contributed by atoms with Crippen molar-refractivity contribution in [3.05, 3.63) is 33.8 Å². The van der Waals surface area contributed by atoms with Crippen LogP contribution in [0.5, 0.6) is 0 Å². The molecule has 23 heavy (non-hydrogen) atoms. The van der Waals surface area contributed by atoms with Gasteiger partial charge in [0.05, 0.1) is 22.5 Å². The SMILES string of the molecule is C[C@](C#N)(NC(=O)COC(=O)Cc1ccc(Cl)c(Cl)c1)C1CC1. The Morgan fingerprint density at radius 1 is 1.39 bits per heavy atom. The molecule has 1 aromatic rings. The van der Waals surface area contributed by atoms with Gasteiger partial charge in [0.15, 0.2) is 6.61 Å². The lowest BCUT2D eigenvalue weighted by atomic mass is 9.98. The van der Waals surface area contributed by atoms with E-state index < -0.39 is 24.0 Å². The summed E-state index contributed by atoms with van der Waals surface area (Å²) in [6, 6.07) is 6.94. The number of nitrogens with one attached hydrogen (secondary N) is 1. The van der Waals surface area contributed by atoms with Crippen molar-refractivity contribution in [3.63, 3.8) is 0 Å². The third-order valence-electron chi connectivity index (χ3n) is 3.72. The third-order valence-corrected chi connectivity index (χ3v) is 4.46. The fourth-order valence-corrected chi connectivity index (χ4v) is 2.54. The van der Waals surface area contributed by atoms with Crippen LogP contribution in [0.25, 0.3) is 0 Å². The number of amides is 1. The average Bonchev–Trinajstić information content (AvgIpc) is 3.34. The van der Waals surface area contributed by atoms with E-state index in [2.05, 4.69) is 11.4 Å². The Morgan fingerprint density at radius 3 is 2.65 bits per heavy atom. The van der Waals surface area contributed by atoms with E-state index >= 15 is 0 Å². The summed E-state index contributed by atoms with van der Waals surface area (Å²) in [5, 5.41) is 12.5. The van der Waals surface area contributed by atoms with E-state index in [0.717, 1.165) is 12.8 Å². The molecule has 1 saturated carbocycles. The molecule has 0 aliphatic heterocycles. The maximum absolute atomic E-state index is 11.8. The van der Waals surface area contributed by atoms with Gasteiger partial charge in [0, 0.05) is 0 Å². The maximum Gasteiger partial charge on any atom is 0.310 e. The quantitative estimate of drug-likeness (QED) is 0.796. The van der Waals surface area contributed by atoms with Gasteiger partial charge in [-0.25, -0.2) is 0 Å². The van der Waals surface area contributed by atoms with Gasteiger partial charge < -0.3 is 10.1 Å². The molecular formula is C16H16Cl2N2O3. The summed E-state index contributed by atoms with van der Waals surface area (Å²) in [6.45, 7) is 1.27. The molecule has 0 saturated heterocycles. The van der Waals surface area contributed by atoms with Crippen LogP contribution in [0.2, 0.25) is 10.0 Å². The van der Waals surface area contributed by atoms with E-state index in [1.807, 2.05) is 0 Å². The lowest BCUT2D eigenvalue weighted by Gasteiger charge is -2.22. The van der Waals surface area contributed by atoms with Gasteiger partial charge in [-0.2, -0.15) is 5.26 Å². The van der Waals surface area contributed by atoms with Crippen LogP contribution >= 0.6 is 23.2 Å². The molecule has 0 aromatic heterocycles. The lowest BCUT2D eigenvalue weighted by molar-refractivity contribution is -0.148. The Labute approximate surface area is 144 Å². The Balaban J connectivity index is 1.80. The molecule has 1 atom stereocenters. The van der Waals surface area contributed by atoms with Crippen LogP contribution in [-0.4, -0.2) is 24.0 Å². The summed E-state index contributed by atoms with van der Waals surface area (Å²) >= 11 is 11.7. The Morgan fingerprint density at radius 2 is 2.09 bits per heavy atom. The molecular weight excluding hydrogens is 339 g/mol. The molecule has 1 aromatic carbocycles. The number of nitriles is 1. The second kappa shape index (κ2) is 7.20. The first-order chi connectivity index (χ1) is 10.8. The van der Waals surface area contributed by atoms with Gasteiger partial charge in [-0.05, 0) is 43.4 Å². The number of carbonyl (C=O) groups is 2. The van der Waals surface area contributed by atoms with Crippen LogP contribution < -0.4 is 5.32 Å². The molecule has 0 heterocycles. The molecule has 2 rings (SSSR count). The molecule has 0 unspecified atom stereocenters. The number of benzene rings is 1. The van der Waals surface area contributed by atoms with Gasteiger partial charge in [-0.1, -0.05) is 29.3 Å². The number of nitrogens with zero attached hydrogens (tertiary/aromatic N) is 1. The minimum atomic E-state index is -0.896. The number of ether oxygens (including phenoxy) is 1. The summed E-state index contributed by atoms with van der Waals surface area (Å²) in [6.07, 6.45) is 1.82. The predicted octanol–water partition coefficient (Wildman–Crippen LogP) is 2.89. The molecule has 1 fully saturated rings. The Bertz CT molecular complexity index is 668. The van der Waals surface area contributed by atoms with E-state index in [-0.39, 0.29) is 12.3 Å². The van der Waals surface area contributed by atoms with E-state index in [9.17, 15) is 9.59 Å². The van der Waals surface area contributed by atoms with Crippen LogP contribution in [0.15, 0.2) is 18.2 Å². The van der Waals surface area contributed by atoms with Gasteiger partial charge in [0.25, 0.3) is 5.91 Å². The molecule has 1 amide bonds. The number of carbonyl (C=O) groups excluding carboxylic acids is 2. The number of esters is 1. The first kappa shape index (κ1) is 17.6. The summed E-state index contributed by atoms with van der Waals surface area (Å²) < 4.78 is 4.93. The largest absolute Gasteiger partial charge is 0.455 e. The van der Waals surface area contributed by atoms with Crippen molar-refractivity contribution in [2.75, 3.05) is 6.61 Å². The summed E-state index contributed by atoms with van der Waals surface area (Å²) in [5.41, 5.74) is -0.252. The van der Waals surface area contributed by atoms with E-state index in [0.29, 0.717) is 15.6 Å². The molecule has 7 heteroatoms. The van der Waals surface area contributed by atoms with Crippen molar-refractivity contribution in [1.82, 2.24) is 5.32 Å². The smallest absolute Gasteiger partial charge is 0.310 e. The molecule has 1 aliphatic carbocycles. The van der Waals surface area contributed by atoms with E-state index in [1.165, 1.54) is 0 Å². The van der Waals surface area contributed by atoms with Gasteiger partial charge >= 0.3 is 5.97 Å². The number of hydrogen-bond donors (Lipinski definition) is 1. The predicted molar refractivity (Wildman–Crippen MR) is 86.0 cm³/mol. The molecule has 0 radical (unpaired) electrons. The average molecular weight is 355 g/mol. The van der Waals surface area contributed by atoms with Crippen LogP contribution in [0.3, 0.4) is 0 Å². The molecule has 122 valence electrons. The molecule has 0 bridgehead atoms. The van der Waals surface area contributed by atoms with Crippen molar-refractivity contribution >= 4 is 35.1 Å². The first-order valence-electron chi connectivity index (χ1n) is 7.16. The topological polar surface area (TPSA) is 79.2 Å².